The van der Waals surface area contributed by atoms with E-state index in [1.54, 1.807) is 24.3 Å². The first-order chi connectivity index (χ1) is 16.6. The van der Waals surface area contributed by atoms with Gasteiger partial charge in [0.25, 0.3) is 17.7 Å². The second-order valence-electron chi connectivity index (χ2n) is 8.49. The summed E-state index contributed by atoms with van der Waals surface area (Å²) < 4.78 is 5.18. The molecule has 6 heteroatoms. The van der Waals surface area contributed by atoms with Crippen LogP contribution < -0.4 is 10.2 Å². The van der Waals surface area contributed by atoms with E-state index in [1.165, 1.54) is 7.11 Å². The van der Waals surface area contributed by atoms with Crippen LogP contribution in [0.3, 0.4) is 0 Å². The van der Waals surface area contributed by atoms with Gasteiger partial charge in [-0.2, -0.15) is 5.01 Å². The average molecular weight is 453 g/mol. The predicted molar refractivity (Wildman–Crippen MR) is 127 cm³/mol. The molecule has 1 aliphatic heterocycles. The fourth-order valence-electron chi connectivity index (χ4n) is 4.97. The van der Waals surface area contributed by atoms with Crippen molar-refractivity contribution in [3.05, 3.63) is 114 Å². The maximum absolute atomic E-state index is 13.6. The molecular weight excluding hydrogens is 428 g/mol. The summed E-state index contributed by atoms with van der Waals surface area (Å²) in [5.74, 6) is -2.58. The number of benzene rings is 3. The zero-order valence-corrected chi connectivity index (χ0v) is 18.6. The number of carbonyl (C=O) groups excluding carboxylic acids is 3. The first-order valence-electron chi connectivity index (χ1n) is 11.2. The monoisotopic (exact) mass is 452 g/mol. The number of rotatable bonds is 5. The Morgan fingerprint density at radius 2 is 1.29 bits per heavy atom. The lowest BCUT2D eigenvalue weighted by Gasteiger charge is -2.32. The highest BCUT2D eigenvalue weighted by Gasteiger charge is 2.55. The molecule has 5 rings (SSSR count). The van der Waals surface area contributed by atoms with Gasteiger partial charge in [0.15, 0.2) is 0 Å². The number of nitrogens with zero attached hydrogens (tertiary/aromatic N) is 1. The first kappa shape index (κ1) is 21.6. The molecule has 0 radical (unpaired) electrons. The molecule has 3 aromatic rings. The van der Waals surface area contributed by atoms with Crippen molar-refractivity contribution in [1.29, 1.82) is 0 Å². The van der Waals surface area contributed by atoms with Crippen LogP contribution in [0.1, 0.15) is 33.3 Å². The van der Waals surface area contributed by atoms with Gasteiger partial charge in [-0.3, -0.25) is 19.8 Å². The van der Waals surface area contributed by atoms with Crippen LogP contribution in [0.2, 0.25) is 0 Å². The van der Waals surface area contributed by atoms with E-state index in [-0.39, 0.29) is 11.8 Å². The SMILES string of the molecule is COc1cccc(C(=O)NN2C(=O)[C@@H]3[C@@H](C2=O)[C@H](c2ccccc2)C=C[C@@H]3c2ccccc2)c1. The molecule has 1 fully saturated rings. The van der Waals surface area contributed by atoms with Crippen molar-refractivity contribution in [2.24, 2.45) is 11.8 Å². The Morgan fingerprint density at radius 1 is 0.765 bits per heavy atom. The van der Waals surface area contributed by atoms with Crippen LogP contribution in [0.15, 0.2) is 97.1 Å². The summed E-state index contributed by atoms with van der Waals surface area (Å²) in [5, 5.41) is 0.913. The highest BCUT2D eigenvalue weighted by Crippen LogP contribution is 2.48. The summed E-state index contributed by atoms with van der Waals surface area (Å²) in [6.07, 6.45) is 4.04. The summed E-state index contributed by atoms with van der Waals surface area (Å²) in [5.41, 5.74) is 4.78. The van der Waals surface area contributed by atoms with E-state index in [0.717, 1.165) is 16.1 Å². The standard InChI is InChI=1S/C28H24N2O4/c1-34-21-14-8-13-20(17-21)26(31)29-30-27(32)24-22(18-9-4-2-5-10-18)15-16-23(25(24)28(30)33)19-11-6-3-7-12-19/h2-17,22-25H,1H3,(H,29,31)/t22-,23+,24-,25-/m0/s1. The maximum atomic E-state index is 13.6. The largest absolute Gasteiger partial charge is 0.497 e. The van der Waals surface area contributed by atoms with Gasteiger partial charge in [0.05, 0.1) is 18.9 Å². The van der Waals surface area contributed by atoms with E-state index in [9.17, 15) is 14.4 Å². The van der Waals surface area contributed by atoms with E-state index in [2.05, 4.69) is 5.43 Å². The molecule has 3 aromatic carbocycles. The second-order valence-corrected chi connectivity index (χ2v) is 8.49. The Balaban J connectivity index is 1.50. The zero-order chi connectivity index (χ0) is 23.7. The number of hydrogen-bond donors (Lipinski definition) is 1. The molecule has 3 amide bonds. The summed E-state index contributed by atoms with van der Waals surface area (Å²) in [6.45, 7) is 0. The van der Waals surface area contributed by atoms with Crippen LogP contribution >= 0.6 is 0 Å². The molecule has 0 saturated carbocycles. The lowest BCUT2D eigenvalue weighted by atomic mass is 9.68. The van der Waals surface area contributed by atoms with Crippen molar-refractivity contribution in [3.63, 3.8) is 0 Å². The average Bonchev–Trinajstić information content (AvgIpc) is 3.14. The molecule has 0 unspecified atom stereocenters. The van der Waals surface area contributed by atoms with Crippen LogP contribution in [0.4, 0.5) is 0 Å². The number of allylic oxidation sites excluding steroid dienone is 2. The lowest BCUT2D eigenvalue weighted by Crippen LogP contribution is -2.46. The van der Waals surface area contributed by atoms with Gasteiger partial charge in [-0.1, -0.05) is 78.9 Å². The molecule has 2 aliphatic rings. The molecule has 4 atom stereocenters. The summed E-state index contributed by atoms with van der Waals surface area (Å²) in [6, 6.07) is 25.9. The van der Waals surface area contributed by atoms with Crippen LogP contribution in [0.25, 0.3) is 0 Å². The second kappa shape index (κ2) is 8.98. The predicted octanol–water partition coefficient (Wildman–Crippen LogP) is 4.08. The zero-order valence-electron chi connectivity index (χ0n) is 18.6. The number of methoxy groups -OCH3 is 1. The molecule has 0 spiro atoms. The summed E-state index contributed by atoms with van der Waals surface area (Å²) in [4.78, 5) is 40.2. The van der Waals surface area contributed by atoms with Gasteiger partial charge >= 0.3 is 0 Å². The van der Waals surface area contributed by atoms with Crippen molar-refractivity contribution in [2.45, 2.75) is 11.8 Å². The van der Waals surface area contributed by atoms with E-state index in [1.807, 2.05) is 72.8 Å². The third-order valence-corrected chi connectivity index (χ3v) is 6.61. The van der Waals surface area contributed by atoms with Crippen LogP contribution in [0, 0.1) is 11.8 Å². The molecule has 34 heavy (non-hydrogen) atoms. The highest BCUT2D eigenvalue weighted by molar-refractivity contribution is 6.09. The summed E-state index contributed by atoms with van der Waals surface area (Å²) in [7, 11) is 1.51. The van der Waals surface area contributed by atoms with Crippen molar-refractivity contribution >= 4 is 17.7 Å². The number of hydrogen-bond acceptors (Lipinski definition) is 4. The number of amides is 3. The van der Waals surface area contributed by atoms with Gasteiger partial charge < -0.3 is 4.74 Å². The van der Waals surface area contributed by atoms with E-state index >= 15 is 0 Å². The van der Waals surface area contributed by atoms with Crippen LogP contribution in [-0.4, -0.2) is 29.8 Å². The Labute approximate surface area is 197 Å². The fourth-order valence-corrected chi connectivity index (χ4v) is 4.97. The molecule has 1 saturated heterocycles. The Hall–Kier alpha value is -4.19. The topological polar surface area (TPSA) is 75.7 Å². The van der Waals surface area contributed by atoms with Gasteiger partial charge in [0.2, 0.25) is 0 Å². The van der Waals surface area contributed by atoms with Gasteiger partial charge in [0.1, 0.15) is 5.75 Å². The number of fused-ring (bicyclic) bond motifs is 1. The number of hydrazine groups is 1. The normalized spacial score (nSPS) is 23.5. The molecule has 6 nitrogen and oxygen atoms in total. The van der Waals surface area contributed by atoms with Gasteiger partial charge in [-0.05, 0) is 29.3 Å². The van der Waals surface area contributed by atoms with Crippen molar-refractivity contribution in [1.82, 2.24) is 10.4 Å². The third kappa shape index (κ3) is 3.77. The van der Waals surface area contributed by atoms with Crippen molar-refractivity contribution in [2.75, 3.05) is 7.11 Å². The summed E-state index contributed by atoms with van der Waals surface area (Å²) >= 11 is 0. The van der Waals surface area contributed by atoms with Crippen molar-refractivity contribution < 1.29 is 19.1 Å². The quantitative estimate of drug-likeness (QED) is 0.468. The van der Waals surface area contributed by atoms with Gasteiger partial charge in [0, 0.05) is 17.4 Å². The number of imide groups is 1. The molecule has 0 aromatic heterocycles. The van der Waals surface area contributed by atoms with E-state index < -0.39 is 29.6 Å². The molecule has 0 bridgehead atoms. The minimum absolute atomic E-state index is 0.263. The molecule has 170 valence electrons. The minimum Gasteiger partial charge on any atom is -0.497 e. The number of carbonyl (C=O) groups is 3. The molecule has 1 aliphatic carbocycles. The fraction of sp³-hybridized carbons (Fsp3) is 0.179. The third-order valence-electron chi connectivity index (χ3n) is 6.61. The first-order valence-corrected chi connectivity index (χ1v) is 11.2. The van der Waals surface area contributed by atoms with Crippen LogP contribution in [0.5, 0.6) is 5.75 Å². The highest BCUT2D eigenvalue weighted by atomic mass is 16.5. The maximum Gasteiger partial charge on any atom is 0.270 e. The van der Waals surface area contributed by atoms with E-state index in [4.69, 9.17) is 4.74 Å². The molecule has 1 heterocycles. The lowest BCUT2D eigenvalue weighted by molar-refractivity contribution is -0.142. The van der Waals surface area contributed by atoms with Crippen molar-refractivity contribution in [3.8, 4) is 5.75 Å². The smallest absolute Gasteiger partial charge is 0.270 e. The molecular formula is C28H24N2O4. The van der Waals surface area contributed by atoms with Gasteiger partial charge in [-0.25, -0.2) is 0 Å². The van der Waals surface area contributed by atoms with Gasteiger partial charge in [-0.15, -0.1) is 0 Å². The Bertz CT molecular complexity index is 1190. The van der Waals surface area contributed by atoms with E-state index in [0.29, 0.717) is 11.3 Å². The Kier molecular flexibility index (Phi) is 5.72. The van der Waals surface area contributed by atoms with Crippen LogP contribution in [-0.2, 0) is 9.59 Å². The molecule has 1 N–H and O–H groups in total. The number of nitrogens with one attached hydrogen (secondary N) is 1. The minimum atomic E-state index is -0.615. The number of ether oxygens (including phenoxy) is 1. The Morgan fingerprint density at radius 3 is 1.79 bits per heavy atom.